The molecule has 0 aliphatic heterocycles. The smallest absolute Gasteiger partial charge is 0.219 e. The molecule has 28 heteroatoms. The van der Waals surface area contributed by atoms with Crippen LogP contribution in [0, 0.1) is 0 Å². The van der Waals surface area contributed by atoms with Crippen molar-refractivity contribution in [2.24, 2.45) is 0 Å². The topological polar surface area (TPSA) is 68.3 Å². The summed E-state index contributed by atoms with van der Waals surface area (Å²) in [5.74, 6) is 0. The van der Waals surface area contributed by atoms with Crippen LogP contribution in [0.2, 0.25) is 40.2 Å². The zero-order valence-corrected chi connectivity index (χ0v) is 52.9. The molecule has 8 aromatic rings. The van der Waals surface area contributed by atoms with Crippen molar-refractivity contribution < 1.29 is 69.5 Å². The van der Waals surface area contributed by atoms with E-state index in [2.05, 4.69) is 0 Å². The average molecular weight is 1460 g/mol. The SMILES string of the molecule is FC(F)(F)/C(=C/Sc1ccccc1)c1cc(Cl)cc(Cl)c1.FC(F)(F)/C(=C\Sc1ccccc1)c1cc(Cl)cc(Cl)c1.O=S(=O)(/C=C(/c1cc(Cl)cc(Cl)c1)C(F)(F)F)c1ccccc1.O=S(=O)(/C=C(\c1cc(Cl)cc(Cl)c1)C(F)(F)F)c1ccccc1. The van der Waals surface area contributed by atoms with Gasteiger partial charge in [0.05, 0.1) is 32.1 Å². The molecule has 0 N–H and O–H groups in total. The third-order valence-corrected chi connectivity index (χ3v) is 17.2. The standard InChI is InChI=1S/2C15H9Cl2F3O2S.2C15H9Cl2F3S/c2*16-11-6-10(7-12(17)8-11)14(15(18,19)20)9-23(21,22)13-4-2-1-3-5-13;2*16-11-6-10(7-12(17)8-11)14(15(18,19)20)9-21-13-4-2-1-3-5-13/h2*1-9H;2*1-9H/b14-9+;14-9-;14-9+;14-9-. The minimum Gasteiger partial charge on any atom is -0.219 e. The van der Waals surface area contributed by atoms with E-state index in [9.17, 15) is 69.5 Å². The molecule has 88 heavy (non-hydrogen) atoms. The molecule has 0 unspecified atom stereocenters. The van der Waals surface area contributed by atoms with E-state index in [4.69, 9.17) is 92.8 Å². The van der Waals surface area contributed by atoms with Crippen molar-refractivity contribution in [1.82, 2.24) is 0 Å². The summed E-state index contributed by atoms with van der Waals surface area (Å²) < 4.78 is 208. The lowest BCUT2D eigenvalue weighted by atomic mass is 10.1. The van der Waals surface area contributed by atoms with E-state index in [1.165, 1.54) is 97.1 Å². The van der Waals surface area contributed by atoms with Gasteiger partial charge in [-0.25, -0.2) is 16.8 Å². The number of hydrogen-bond donors (Lipinski definition) is 0. The van der Waals surface area contributed by atoms with Crippen LogP contribution in [-0.2, 0) is 19.7 Å². The highest BCUT2D eigenvalue weighted by molar-refractivity contribution is 8.02. The van der Waals surface area contributed by atoms with Gasteiger partial charge in [-0.1, -0.05) is 189 Å². The second-order valence-electron chi connectivity index (χ2n) is 17.3. The Hall–Kier alpha value is -5.20. The lowest BCUT2D eigenvalue weighted by molar-refractivity contribution is -0.0696. The zero-order valence-electron chi connectivity index (χ0n) is 43.6. The fraction of sp³-hybridized carbons (Fsp3) is 0.0667. The number of hydrogen-bond acceptors (Lipinski definition) is 6. The van der Waals surface area contributed by atoms with Crippen LogP contribution in [0.1, 0.15) is 22.3 Å². The predicted molar refractivity (Wildman–Crippen MR) is 334 cm³/mol. The zero-order chi connectivity index (χ0) is 65.4. The summed E-state index contributed by atoms with van der Waals surface area (Å²) in [6.07, 6.45) is -18.8. The van der Waals surface area contributed by atoms with Gasteiger partial charge in [-0.2, -0.15) is 52.7 Å². The molecule has 4 nitrogen and oxygen atoms in total. The average Bonchev–Trinajstić information content (AvgIpc) is 3.57. The van der Waals surface area contributed by atoms with Gasteiger partial charge in [0, 0.05) is 60.8 Å². The fourth-order valence-corrected chi connectivity index (χ4v) is 13.2. The van der Waals surface area contributed by atoms with Gasteiger partial charge in [0.15, 0.2) is 19.7 Å². The lowest BCUT2D eigenvalue weighted by Crippen LogP contribution is -2.13. The monoisotopic (exact) mass is 1460 g/mol. The Balaban J connectivity index is 0.000000214. The van der Waals surface area contributed by atoms with Crippen molar-refractivity contribution in [2.75, 3.05) is 0 Å². The molecule has 0 aromatic heterocycles. The molecule has 8 aromatic carbocycles. The van der Waals surface area contributed by atoms with Crippen molar-refractivity contribution in [1.29, 1.82) is 0 Å². The number of halogens is 20. The molecule has 0 radical (unpaired) electrons. The first-order valence-corrected chi connectivity index (χ1v) is 31.8. The summed E-state index contributed by atoms with van der Waals surface area (Å²) in [4.78, 5) is 0.949. The number of sulfone groups is 2. The van der Waals surface area contributed by atoms with Crippen LogP contribution in [0.15, 0.2) is 235 Å². The maximum Gasteiger partial charge on any atom is 0.417 e. The molecule has 0 atom stereocenters. The molecule has 464 valence electrons. The van der Waals surface area contributed by atoms with E-state index in [-0.39, 0.29) is 71.9 Å². The Kier molecular flexibility index (Phi) is 26.9. The van der Waals surface area contributed by atoms with Crippen molar-refractivity contribution in [3.05, 3.63) is 278 Å². The number of allylic oxidation sites excluding steroid dienone is 4. The van der Waals surface area contributed by atoms with Gasteiger partial charge in [0.1, 0.15) is 0 Å². The van der Waals surface area contributed by atoms with Gasteiger partial charge in [-0.15, -0.1) is 0 Å². The molecule has 0 aliphatic carbocycles. The maximum absolute atomic E-state index is 13.3. The maximum atomic E-state index is 13.3. The summed E-state index contributed by atoms with van der Waals surface area (Å²) in [6.45, 7) is 0. The minimum absolute atomic E-state index is 0.0280. The Morgan fingerprint density at radius 2 is 0.489 bits per heavy atom. The van der Waals surface area contributed by atoms with E-state index < -0.39 is 77.8 Å². The van der Waals surface area contributed by atoms with Crippen molar-refractivity contribution in [3.8, 4) is 0 Å². The van der Waals surface area contributed by atoms with Gasteiger partial charge in [-0.3, -0.25) is 0 Å². The number of rotatable bonds is 12. The summed E-state index contributed by atoms with van der Waals surface area (Å²) in [6, 6.07) is 45.6. The Labute approximate surface area is 545 Å². The quantitative estimate of drug-likeness (QED) is 0.0897. The van der Waals surface area contributed by atoms with E-state index in [1.807, 2.05) is 0 Å². The van der Waals surface area contributed by atoms with Crippen molar-refractivity contribution in [3.63, 3.8) is 0 Å². The van der Waals surface area contributed by atoms with E-state index in [0.717, 1.165) is 58.6 Å². The molecule has 0 aliphatic rings. The van der Waals surface area contributed by atoms with Gasteiger partial charge in [0.25, 0.3) is 0 Å². The van der Waals surface area contributed by atoms with Gasteiger partial charge < -0.3 is 0 Å². The molecule has 0 saturated carbocycles. The largest absolute Gasteiger partial charge is 0.417 e. The molecule has 0 bridgehead atoms. The van der Waals surface area contributed by atoms with Crippen LogP contribution in [0.5, 0.6) is 0 Å². The molecule has 0 spiro atoms. The summed E-state index contributed by atoms with van der Waals surface area (Å²) in [5.41, 5.74) is -5.19. The number of thioether (sulfide) groups is 2. The highest BCUT2D eigenvalue weighted by Crippen LogP contribution is 2.43. The van der Waals surface area contributed by atoms with Crippen LogP contribution in [0.4, 0.5) is 52.7 Å². The lowest BCUT2D eigenvalue weighted by Gasteiger charge is -2.13. The van der Waals surface area contributed by atoms with E-state index in [1.54, 1.807) is 72.8 Å². The molecule has 8 rings (SSSR count). The highest BCUT2D eigenvalue weighted by Gasteiger charge is 2.39. The number of alkyl halides is 12. The predicted octanol–water partition coefficient (Wildman–Crippen LogP) is 24.1. The van der Waals surface area contributed by atoms with E-state index >= 15 is 0 Å². The van der Waals surface area contributed by atoms with Crippen molar-refractivity contribution >= 4 is 158 Å². The first-order chi connectivity index (χ1) is 40.9. The highest BCUT2D eigenvalue weighted by atomic mass is 35.5. The molecule has 0 saturated heterocycles. The van der Waals surface area contributed by atoms with E-state index in [0.29, 0.717) is 9.79 Å². The molecular formula is C60H36Cl8F12O4S4. The molecule has 0 amide bonds. The Morgan fingerprint density at radius 1 is 0.295 bits per heavy atom. The van der Waals surface area contributed by atoms with Crippen molar-refractivity contribution in [2.45, 2.75) is 44.3 Å². The number of benzene rings is 8. The van der Waals surface area contributed by atoms with Gasteiger partial charge >= 0.3 is 24.7 Å². The normalized spacial score (nSPS) is 12.9. The first-order valence-electron chi connectivity index (χ1n) is 23.9. The summed E-state index contributed by atoms with van der Waals surface area (Å²) in [7, 11) is -8.57. The third kappa shape index (κ3) is 23.9. The van der Waals surface area contributed by atoms with Crippen LogP contribution >= 0.6 is 116 Å². The van der Waals surface area contributed by atoms with Gasteiger partial charge in [-0.05, 0) is 154 Å². The second-order valence-corrected chi connectivity index (χ2v) is 26.3. The fourth-order valence-electron chi connectivity index (χ4n) is 6.95. The van der Waals surface area contributed by atoms with Crippen LogP contribution in [-0.4, -0.2) is 41.5 Å². The first kappa shape index (κ1) is 73.5. The third-order valence-electron chi connectivity index (χ3n) is 10.7. The summed E-state index contributed by atoms with van der Waals surface area (Å²) >= 11 is 47.9. The van der Waals surface area contributed by atoms with Gasteiger partial charge in [0.2, 0.25) is 0 Å². The molecule has 0 heterocycles. The second kappa shape index (κ2) is 32.2. The Bertz CT molecular complexity index is 3700. The Morgan fingerprint density at radius 3 is 0.693 bits per heavy atom. The van der Waals surface area contributed by atoms with Crippen LogP contribution < -0.4 is 0 Å². The summed E-state index contributed by atoms with van der Waals surface area (Å²) in [5, 5.41) is 3.05. The van der Waals surface area contributed by atoms with Crippen LogP contribution in [0.25, 0.3) is 22.3 Å². The van der Waals surface area contributed by atoms with Crippen LogP contribution in [0.3, 0.4) is 0 Å². The molecule has 0 fully saturated rings. The molecular weight excluding hydrogens is 1420 g/mol. The minimum atomic E-state index is -4.89.